The maximum Gasteiger partial charge on any atom is 0.364 e. The van der Waals surface area contributed by atoms with E-state index in [1.54, 1.807) is 0 Å². The van der Waals surface area contributed by atoms with Gasteiger partial charge in [0.1, 0.15) is 67.1 Å². The summed E-state index contributed by atoms with van der Waals surface area (Å²) in [4.78, 5) is 36.4. The molecular formula is C26H44N2O19. The second kappa shape index (κ2) is 16.5. The summed E-state index contributed by atoms with van der Waals surface area (Å²) in [7, 11) is 1.19. The summed E-state index contributed by atoms with van der Waals surface area (Å²) < 4.78 is 32.3. The van der Waals surface area contributed by atoms with Crippen molar-refractivity contribution in [2.45, 2.75) is 118 Å². The van der Waals surface area contributed by atoms with E-state index in [9.17, 15) is 65.4 Å². The van der Waals surface area contributed by atoms with Crippen LogP contribution in [-0.2, 0) is 42.8 Å². The van der Waals surface area contributed by atoms with Crippen LogP contribution in [0.25, 0.3) is 0 Å². The SMILES string of the molecule is COC[C@@H](O)[C@@H](O)[C@@H]1O[C@@](O[C@H]2[C@@H](O)[C@@H](CO)O[C@@H](O[C@H]3[C@H](O)[C@@H](CO)O[C@@H](O)[C@@H]3NC(C)=O)[C@@H]2O)(C(=O)O)C[C@H](O)[C@H]1NC(C)=O. The maximum absolute atomic E-state index is 12.7. The van der Waals surface area contributed by atoms with Gasteiger partial charge in [-0.3, -0.25) is 9.59 Å². The predicted octanol–water partition coefficient (Wildman–Crippen LogP) is -7.43. The zero-order valence-electron chi connectivity index (χ0n) is 25.6. The van der Waals surface area contributed by atoms with E-state index in [0.717, 1.165) is 13.8 Å². The largest absolute Gasteiger partial charge is 0.477 e. The third kappa shape index (κ3) is 8.70. The summed E-state index contributed by atoms with van der Waals surface area (Å²) in [5.41, 5.74) is 0. The molecule has 3 saturated heterocycles. The smallest absolute Gasteiger partial charge is 0.364 e. The summed E-state index contributed by atoms with van der Waals surface area (Å²) in [6.07, 6.45) is -25.2. The van der Waals surface area contributed by atoms with Crippen molar-refractivity contribution in [1.29, 1.82) is 0 Å². The molecule has 0 aromatic rings. The number of methoxy groups -OCH3 is 1. The first-order valence-electron chi connectivity index (χ1n) is 14.6. The Bertz CT molecular complexity index is 1070. The summed E-state index contributed by atoms with van der Waals surface area (Å²) in [6.45, 7) is -0.145. The highest BCUT2D eigenvalue weighted by Gasteiger charge is 2.60. The molecule has 2 amide bonds. The number of rotatable bonds is 13. The molecule has 3 fully saturated rings. The van der Waals surface area contributed by atoms with Crippen LogP contribution in [0.1, 0.15) is 20.3 Å². The highest BCUT2D eigenvalue weighted by atomic mass is 16.8. The lowest BCUT2D eigenvalue weighted by Crippen LogP contribution is -2.71. The van der Waals surface area contributed by atoms with E-state index in [1.165, 1.54) is 7.11 Å². The molecule has 0 aromatic heterocycles. The molecule has 0 bridgehead atoms. The van der Waals surface area contributed by atoms with Gasteiger partial charge in [0.25, 0.3) is 5.79 Å². The normalized spacial score (nSPS) is 42.3. The van der Waals surface area contributed by atoms with E-state index < -0.39 is 142 Å². The monoisotopic (exact) mass is 688 g/mol. The molecule has 0 spiro atoms. The molecule has 0 saturated carbocycles. The lowest BCUT2D eigenvalue weighted by molar-refractivity contribution is -0.380. The molecule has 0 aliphatic carbocycles. The number of aliphatic hydroxyl groups is 9. The van der Waals surface area contributed by atoms with E-state index in [-0.39, 0.29) is 0 Å². The van der Waals surface area contributed by atoms with Crippen molar-refractivity contribution in [2.24, 2.45) is 0 Å². The fourth-order valence-electron chi connectivity index (χ4n) is 5.72. The molecule has 21 nitrogen and oxygen atoms in total. The Kier molecular flexibility index (Phi) is 13.8. The molecule has 12 N–H and O–H groups in total. The number of carbonyl (C=O) groups excluding carboxylic acids is 2. The second-order valence-corrected chi connectivity index (χ2v) is 11.5. The summed E-state index contributed by atoms with van der Waals surface area (Å²) >= 11 is 0. The molecular weight excluding hydrogens is 644 g/mol. The lowest BCUT2D eigenvalue weighted by Gasteiger charge is -2.50. The van der Waals surface area contributed by atoms with Crippen LogP contribution in [0.2, 0.25) is 0 Å². The number of ether oxygens (including phenoxy) is 6. The molecule has 3 heterocycles. The maximum atomic E-state index is 12.7. The van der Waals surface area contributed by atoms with E-state index >= 15 is 0 Å². The average Bonchev–Trinajstić information content (AvgIpc) is 3.00. The molecule has 0 aromatic carbocycles. The van der Waals surface area contributed by atoms with Gasteiger partial charge in [-0.15, -0.1) is 0 Å². The number of carboxylic acids is 1. The number of hydrogen-bond donors (Lipinski definition) is 12. The van der Waals surface area contributed by atoms with Gasteiger partial charge in [0.15, 0.2) is 12.6 Å². The van der Waals surface area contributed by atoms with Crippen molar-refractivity contribution < 1.29 is 93.9 Å². The topological polar surface area (TPSA) is 333 Å². The van der Waals surface area contributed by atoms with Gasteiger partial charge in [-0.25, -0.2) is 4.79 Å². The van der Waals surface area contributed by atoms with Gasteiger partial charge in [-0.2, -0.15) is 0 Å². The van der Waals surface area contributed by atoms with Gasteiger partial charge in [-0.1, -0.05) is 0 Å². The third-order valence-electron chi connectivity index (χ3n) is 8.02. The number of carbonyl (C=O) groups is 3. The van der Waals surface area contributed by atoms with E-state index in [0.29, 0.717) is 0 Å². The van der Waals surface area contributed by atoms with Crippen LogP contribution in [0.3, 0.4) is 0 Å². The number of hydrogen-bond acceptors (Lipinski definition) is 18. The van der Waals surface area contributed by atoms with Gasteiger partial charge in [-0.05, 0) is 0 Å². The number of amides is 2. The molecule has 0 radical (unpaired) electrons. The van der Waals surface area contributed by atoms with Crippen molar-refractivity contribution in [2.75, 3.05) is 26.9 Å². The first kappa shape index (κ1) is 39.3. The van der Waals surface area contributed by atoms with Gasteiger partial charge in [0, 0.05) is 27.4 Å². The van der Waals surface area contributed by atoms with Crippen LogP contribution in [-0.4, -0.2) is 193 Å². The summed E-state index contributed by atoms with van der Waals surface area (Å²) in [5, 5.41) is 110. The van der Waals surface area contributed by atoms with Crippen molar-refractivity contribution in [3.63, 3.8) is 0 Å². The van der Waals surface area contributed by atoms with Crippen molar-refractivity contribution in [1.82, 2.24) is 10.6 Å². The van der Waals surface area contributed by atoms with Crippen molar-refractivity contribution in [3.05, 3.63) is 0 Å². The van der Waals surface area contributed by atoms with Gasteiger partial charge in [0.2, 0.25) is 11.8 Å². The van der Waals surface area contributed by atoms with Crippen molar-refractivity contribution >= 4 is 17.8 Å². The van der Waals surface area contributed by atoms with Crippen LogP contribution < -0.4 is 10.6 Å². The fraction of sp³-hybridized carbons (Fsp3) is 0.885. The standard InChI is InChI=1S/C26H44N2O19/c1-8(31)27-14-10(33)4-26(25(40)41,46-21(14)16(35)11(34)7-42-3)47-22-18(37)13(6-30)44-24(19(22)38)45-20-15(28-9(2)32)23(39)43-12(5-29)17(20)36/h10-24,29-30,33-39H,4-7H2,1-3H3,(H,27,31)(H,28,32)(H,40,41)/t10-,11+,12+,13+,14+,15+,16+,17+,18-,19+,20+,21+,22-,23+,24-,26-/m0/s1. The highest BCUT2D eigenvalue weighted by Crippen LogP contribution is 2.38. The molecule has 47 heavy (non-hydrogen) atoms. The molecule has 3 aliphatic rings. The predicted molar refractivity (Wildman–Crippen MR) is 146 cm³/mol. The molecule has 3 rings (SSSR count). The second-order valence-electron chi connectivity index (χ2n) is 11.5. The molecule has 0 unspecified atom stereocenters. The Labute approximate surface area is 267 Å². The zero-order valence-corrected chi connectivity index (χ0v) is 25.6. The van der Waals surface area contributed by atoms with Crippen LogP contribution in [0, 0.1) is 0 Å². The third-order valence-corrected chi connectivity index (χ3v) is 8.02. The van der Waals surface area contributed by atoms with Crippen LogP contribution >= 0.6 is 0 Å². The number of nitrogens with one attached hydrogen (secondary N) is 2. The minimum atomic E-state index is -3.00. The Balaban J connectivity index is 1.98. The lowest BCUT2D eigenvalue weighted by atomic mass is 9.88. The minimum Gasteiger partial charge on any atom is -0.477 e. The summed E-state index contributed by atoms with van der Waals surface area (Å²) in [5.74, 6) is -6.38. The average molecular weight is 689 g/mol. The van der Waals surface area contributed by atoms with Crippen LogP contribution in [0.5, 0.6) is 0 Å². The fourth-order valence-corrected chi connectivity index (χ4v) is 5.72. The Morgan fingerprint density at radius 3 is 1.96 bits per heavy atom. The Morgan fingerprint density at radius 2 is 1.43 bits per heavy atom. The van der Waals surface area contributed by atoms with E-state index in [1.807, 2.05) is 0 Å². The molecule has 272 valence electrons. The number of aliphatic carboxylic acids is 1. The Hall–Kier alpha value is -2.19. The van der Waals surface area contributed by atoms with Gasteiger partial charge < -0.3 is 90.1 Å². The van der Waals surface area contributed by atoms with Gasteiger partial charge >= 0.3 is 5.97 Å². The molecule has 21 heteroatoms. The summed E-state index contributed by atoms with van der Waals surface area (Å²) in [6, 6.07) is -3.02. The minimum absolute atomic E-state index is 0.483. The number of aliphatic hydroxyl groups excluding tert-OH is 9. The quantitative estimate of drug-likeness (QED) is 0.0854. The van der Waals surface area contributed by atoms with Crippen molar-refractivity contribution in [3.8, 4) is 0 Å². The highest BCUT2D eigenvalue weighted by molar-refractivity contribution is 5.76. The Morgan fingerprint density at radius 1 is 0.872 bits per heavy atom. The van der Waals surface area contributed by atoms with E-state index in [4.69, 9.17) is 28.4 Å². The first-order chi connectivity index (χ1) is 22.0. The zero-order chi connectivity index (χ0) is 35.4. The van der Waals surface area contributed by atoms with E-state index in [2.05, 4.69) is 10.6 Å². The van der Waals surface area contributed by atoms with Crippen LogP contribution in [0.15, 0.2) is 0 Å². The first-order valence-corrected chi connectivity index (χ1v) is 14.6. The van der Waals surface area contributed by atoms with Gasteiger partial charge in [0.05, 0.1) is 32.0 Å². The number of carboxylic acid groups (broad SMARTS) is 1. The molecule has 16 atom stereocenters. The molecule has 3 aliphatic heterocycles. The van der Waals surface area contributed by atoms with Crippen LogP contribution in [0.4, 0.5) is 0 Å².